The van der Waals surface area contributed by atoms with E-state index in [0.29, 0.717) is 12.2 Å². The zero-order valence-electron chi connectivity index (χ0n) is 29.1. The maximum absolute atomic E-state index is 14.3. The molecule has 0 spiro atoms. The van der Waals surface area contributed by atoms with Crippen LogP contribution in [0.4, 0.5) is 0 Å². The number of ether oxygens (including phenoxy) is 2. The van der Waals surface area contributed by atoms with E-state index in [1.165, 1.54) is 35.4 Å². The summed E-state index contributed by atoms with van der Waals surface area (Å²) in [7, 11) is -6.47. The molecule has 5 rings (SSSR count). The molecule has 2 unspecified atom stereocenters. The Morgan fingerprint density at radius 3 is 1.62 bits per heavy atom. The number of methoxy groups -OCH3 is 1. The molecule has 9 nitrogen and oxygen atoms in total. The lowest BCUT2D eigenvalue weighted by molar-refractivity contribution is 0.0136. The van der Waals surface area contributed by atoms with Gasteiger partial charge in [0.25, 0.3) is 0 Å². The van der Waals surface area contributed by atoms with Crippen molar-refractivity contribution in [3.63, 3.8) is 0 Å². The quantitative estimate of drug-likeness (QED) is 0.0799. The Morgan fingerprint density at radius 2 is 1.13 bits per heavy atom. The molecule has 2 atom stereocenters. The number of nitrogens with zero attached hydrogens (tertiary/aromatic N) is 1. The van der Waals surface area contributed by atoms with Crippen LogP contribution in [-0.2, 0) is 54.6 Å². The topological polar surface area (TPSA) is 117 Å². The molecule has 0 aliphatic carbocycles. The van der Waals surface area contributed by atoms with E-state index in [1.807, 2.05) is 121 Å². The van der Waals surface area contributed by atoms with E-state index in [2.05, 4.69) is 0 Å². The maximum Gasteiger partial charge on any atom is 0.354 e. The van der Waals surface area contributed by atoms with Crippen LogP contribution in [0.25, 0.3) is 0 Å². The van der Waals surface area contributed by atoms with Gasteiger partial charge in [-0.1, -0.05) is 127 Å². The fourth-order valence-corrected chi connectivity index (χ4v) is 8.03. The SMILES string of the molecule is COc1ccc(S(=O)(=O)N(CC=CP(=O)(OCc2ccccc2)OCc2ccccc2)CC(OCc2ccccc2)C(N)Cc2ccccc2)cc1. The molecule has 0 amide bonds. The van der Waals surface area contributed by atoms with Crippen LogP contribution in [0, 0.1) is 0 Å². The van der Waals surface area contributed by atoms with Gasteiger partial charge >= 0.3 is 7.60 Å². The average molecular weight is 741 g/mol. The van der Waals surface area contributed by atoms with Gasteiger partial charge in [-0.2, -0.15) is 4.31 Å². The zero-order chi connectivity index (χ0) is 36.7. The van der Waals surface area contributed by atoms with Gasteiger partial charge in [0.05, 0.1) is 37.9 Å². The minimum Gasteiger partial charge on any atom is -0.497 e. The number of hydrogen-bond donors (Lipinski definition) is 1. The Morgan fingerprint density at radius 1 is 0.673 bits per heavy atom. The van der Waals surface area contributed by atoms with Crippen LogP contribution in [0.3, 0.4) is 0 Å². The van der Waals surface area contributed by atoms with Gasteiger partial charge in [0.2, 0.25) is 10.0 Å². The van der Waals surface area contributed by atoms with E-state index >= 15 is 0 Å². The Hall–Kier alpha value is -4.38. The first-order valence-corrected chi connectivity index (χ1v) is 20.0. The molecule has 0 heterocycles. The summed E-state index contributed by atoms with van der Waals surface area (Å²) < 4.78 is 67.6. The summed E-state index contributed by atoms with van der Waals surface area (Å²) in [6, 6.07) is 43.7. The molecule has 0 bridgehead atoms. The van der Waals surface area contributed by atoms with E-state index in [4.69, 9.17) is 24.3 Å². The molecule has 0 aliphatic heterocycles. The van der Waals surface area contributed by atoms with Gasteiger partial charge in [-0.25, -0.2) is 8.42 Å². The Bertz CT molecular complexity index is 1920. The first-order valence-electron chi connectivity index (χ1n) is 17.0. The van der Waals surface area contributed by atoms with Gasteiger partial charge in [0.15, 0.2) is 0 Å². The van der Waals surface area contributed by atoms with Crippen molar-refractivity contribution >= 4 is 17.6 Å². The van der Waals surface area contributed by atoms with Crippen molar-refractivity contribution in [2.75, 3.05) is 20.2 Å². The second kappa shape index (κ2) is 19.5. The van der Waals surface area contributed by atoms with Crippen LogP contribution in [-0.4, -0.2) is 45.1 Å². The van der Waals surface area contributed by atoms with Crippen molar-refractivity contribution in [3.8, 4) is 5.75 Å². The lowest BCUT2D eigenvalue weighted by Crippen LogP contribution is -2.48. The highest BCUT2D eigenvalue weighted by Gasteiger charge is 2.31. The lowest BCUT2D eigenvalue weighted by Gasteiger charge is -2.30. The number of rotatable bonds is 20. The summed E-state index contributed by atoms with van der Waals surface area (Å²) in [4.78, 5) is 0.0592. The van der Waals surface area contributed by atoms with Gasteiger partial charge in [-0.15, -0.1) is 0 Å². The second-order valence-corrected chi connectivity index (χ2v) is 16.0. The minimum atomic E-state index is -4.12. The van der Waals surface area contributed by atoms with E-state index in [0.717, 1.165) is 22.3 Å². The van der Waals surface area contributed by atoms with Crippen LogP contribution in [0.2, 0.25) is 0 Å². The second-order valence-electron chi connectivity index (χ2n) is 12.1. The van der Waals surface area contributed by atoms with Gasteiger partial charge in [0, 0.05) is 24.9 Å². The molecular weight excluding hydrogens is 695 g/mol. The lowest BCUT2D eigenvalue weighted by atomic mass is 10.0. The molecule has 2 N–H and O–H groups in total. The smallest absolute Gasteiger partial charge is 0.354 e. The minimum absolute atomic E-state index is 0.0366. The van der Waals surface area contributed by atoms with Gasteiger partial charge in [0.1, 0.15) is 5.75 Å². The Balaban J connectivity index is 1.43. The highest BCUT2D eigenvalue weighted by atomic mass is 32.2. The van der Waals surface area contributed by atoms with Crippen LogP contribution in [0.1, 0.15) is 22.3 Å². The highest BCUT2D eigenvalue weighted by molar-refractivity contribution is 7.89. The average Bonchev–Trinajstić information content (AvgIpc) is 3.19. The van der Waals surface area contributed by atoms with Crippen LogP contribution in [0.5, 0.6) is 5.75 Å². The third-order valence-corrected chi connectivity index (χ3v) is 11.7. The molecule has 0 aromatic heterocycles. The molecule has 272 valence electrons. The Kier molecular flexibility index (Phi) is 14.5. The summed E-state index contributed by atoms with van der Waals surface area (Å²) in [5.41, 5.74) is 10.4. The van der Waals surface area contributed by atoms with Gasteiger partial charge in [-0.05, 0) is 52.9 Å². The van der Waals surface area contributed by atoms with E-state index in [1.54, 1.807) is 12.1 Å². The van der Waals surface area contributed by atoms with E-state index in [9.17, 15) is 13.0 Å². The number of hydrogen-bond acceptors (Lipinski definition) is 8. The summed E-state index contributed by atoms with van der Waals surface area (Å²) >= 11 is 0. The summed E-state index contributed by atoms with van der Waals surface area (Å²) in [6.45, 7) is 0.0599. The summed E-state index contributed by atoms with van der Waals surface area (Å²) in [6.07, 6.45) is 1.26. The molecule has 0 saturated heterocycles. The third-order valence-electron chi connectivity index (χ3n) is 8.28. The molecule has 5 aromatic rings. The highest BCUT2D eigenvalue weighted by Crippen LogP contribution is 2.51. The first kappa shape index (κ1) is 38.8. The van der Waals surface area contributed by atoms with Crippen molar-refractivity contribution in [2.24, 2.45) is 5.73 Å². The van der Waals surface area contributed by atoms with Crippen LogP contribution < -0.4 is 10.5 Å². The number of benzene rings is 5. The summed E-state index contributed by atoms with van der Waals surface area (Å²) in [5.74, 6) is 1.85. The Labute approximate surface area is 307 Å². The molecule has 0 aliphatic rings. The zero-order valence-corrected chi connectivity index (χ0v) is 30.9. The molecule has 0 radical (unpaired) electrons. The standard InChI is InChI=1S/C41H45N2O7PS/c1-47-38-23-25-39(26-24-38)52(45,46)43(30-41(48-31-35-17-8-3-9-18-35)40(42)29-34-15-6-2-7-16-34)27-14-28-51(44,49-32-36-19-10-4-11-20-36)50-33-37-21-12-5-13-22-37/h2-26,28,40-41H,27,29-33,42H2,1H3. The van der Waals surface area contributed by atoms with Crippen molar-refractivity contribution in [3.05, 3.63) is 180 Å². The van der Waals surface area contributed by atoms with E-state index in [-0.39, 0.29) is 37.8 Å². The van der Waals surface area contributed by atoms with Crippen LogP contribution >= 0.6 is 7.60 Å². The van der Waals surface area contributed by atoms with Crippen molar-refractivity contribution < 1.29 is 31.5 Å². The monoisotopic (exact) mass is 740 g/mol. The molecule has 5 aromatic carbocycles. The molecular formula is C41H45N2O7PS. The predicted octanol–water partition coefficient (Wildman–Crippen LogP) is 7.98. The summed E-state index contributed by atoms with van der Waals surface area (Å²) in [5, 5.41) is 0. The van der Waals surface area contributed by atoms with E-state index < -0.39 is 29.8 Å². The normalized spacial score (nSPS) is 13.3. The fourth-order valence-electron chi connectivity index (χ4n) is 5.37. The third kappa shape index (κ3) is 11.8. The van der Waals surface area contributed by atoms with Crippen molar-refractivity contribution in [1.82, 2.24) is 4.31 Å². The maximum atomic E-state index is 14.3. The first-order chi connectivity index (χ1) is 25.2. The van der Waals surface area contributed by atoms with Gasteiger partial charge in [-0.3, -0.25) is 4.57 Å². The van der Waals surface area contributed by atoms with Gasteiger partial charge < -0.3 is 24.3 Å². The van der Waals surface area contributed by atoms with Crippen molar-refractivity contribution in [1.29, 1.82) is 0 Å². The molecule has 0 saturated carbocycles. The van der Waals surface area contributed by atoms with Crippen LogP contribution in [0.15, 0.2) is 162 Å². The molecule has 52 heavy (non-hydrogen) atoms. The number of sulfonamides is 1. The molecule has 0 fully saturated rings. The number of nitrogens with two attached hydrogens (primary N) is 1. The molecule has 11 heteroatoms. The fraction of sp³-hybridized carbons (Fsp3) is 0.220. The van der Waals surface area contributed by atoms with Crippen molar-refractivity contribution in [2.45, 2.75) is 43.3 Å². The predicted molar refractivity (Wildman–Crippen MR) is 204 cm³/mol. The largest absolute Gasteiger partial charge is 0.497 e.